The van der Waals surface area contributed by atoms with Gasteiger partial charge in [0.05, 0.1) is 0 Å². The SMILES string of the molecule is CN=C(NCCCCCCCN(C)C)NC1CCN(c2ncccc2F)C1. The van der Waals surface area contributed by atoms with Crippen LogP contribution in [0.15, 0.2) is 23.3 Å². The molecule has 0 aliphatic carbocycles. The normalized spacial score (nSPS) is 17.6. The van der Waals surface area contributed by atoms with Gasteiger partial charge >= 0.3 is 0 Å². The Bertz CT molecular complexity index is 577. The van der Waals surface area contributed by atoms with E-state index in [4.69, 9.17) is 0 Å². The highest BCUT2D eigenvalue weighted by atomic mass is 19.1. The number of rotatable bonds is 10. The van der Waals surface area contributed by atoms with Crippen LogP contribution in [0, 0.1) is 5.82 Å². The van der Waals surface area contributed by atoms with Crippen molar-refractivity contribution in [2.75, 3.05) is 52.2 Å². The lowest BCUT2D eigenvalue weighted by atomic mass is 10.1. The molecule has 0 amide bonds. The van der Waals surface area contributed by atoms with E-state index in [2.05, 4.69) is 39.6 Å². The smallest absolute Gasteiger partial charge is 0.191 e. The van der Waals surface area contributed by atoms with Crippen LogP contribution in [0.1, 0.15) is 38.5 Å². The maximum atomic E-state index is 13.9. The van der Waals surface area contributed by atoms with Gasteiger partial charge in [0, 0.05) is 38.9 Å². The summed E-state index contributed by atoms with van der Waals surface area (Å²) >= 11 is 0. The summed E-state index contributed by atoms with van der Waals surface area (Å²) in [7, 11) is 6.04. The fraction of sp³-hybridized carbons (Fsp3) is 0.700. The van der Waals surface area contributed by atoms with E-state index in [0.717, 1.165) is 38.4 Å². The number of anilines is 1. The molecule has 1 aromatic heterocycles. The van der Waals surface area contributed by atoms with Gasteiger partial charge in [-0.3, -0.25) is 4.99 Å². The van der Waals surface area contributed by atoms with Crippen molar-refractivity contribution < 1.29 is 4.39 Å². The fourth-order valence-electron chi connectivity index (χ4n) is 3.36. The minimum Gasteiger partial charge on any atom is -0.356 e. The number of nitrogens with zero attached hydrogens (tertiary/aromatic N) is 4. The monoisotopic (exact) mass is 378 g/mol. The Hall–Kier alpha value is -1.89. The lowest BCUT2D eigenvalue weighted by molar-refractivity contribution is 0.389. The molecule has 0 spiro atoms. The molecule has 0 saturated carbocycles. The van der Waals surface area contributed by atoms with Crippen molar-refractivity contribution in [2.45, 2.75) is 44.6 Å². The summed E-state index contributed by atoms with van der Waals surface area (Å²) in [5.41, 5.74) is 0. The first-order valence-corrected chi connectivity index (χ1v) is 10.1. The number of hydrogen-bond donors (Lipinski definition) is 2. The number of pyridine rings is 1. The Kier molecular flexibility index (Phi) is 9.31. The van der Waals surface area contributed by atoms with E-state index < -0.39 is 0 Å². The van der Waals surface area contributed by atoms with E-state index in [1.54, 1.807) is 19.3 Å². The molecule has 0 bridgehead atoms. The third-order valence-corrected chi connectivity index (χ3v) is 4.87. The molecule has 1 aromatic rings. The Morgan fingerprint density at radius 1 is 1.30 bits per heavy atom. The first-order chi connectivity index (χ1) is 13.1. The molecule has 6 nitrogen and oxygen atoms in total. The number of unbranched alkanes of at least 4 members (excludes halogenated alkanes) is 4. The first kappa shape index (κ1) is 21.4. The van der Waals surface area contributed by atoms with Gasteiger partial charge in [-0.25, -0.2) is 9.37 Å². The van der Waals surface area contributed by atoms with Crippen LogP contribution in [0.3, 0.4) is 0 Å². The molecule has 0 radical (unpaired) electrons. The predicted molar refractivity (Wildman–Crippen MR) is 111 cm³/mol. The van der Waals surface area contributed by atoms with Crippen LogP contribution in [-0.4, -0.2) is 69.2 Å². The highest BCUT2D eigenvalue weighted by molar-refractivity contribution is 5.80. The Labute approximate surface area is 163 Å². The van der Waals surface area contributed by atoms with Crippen molar-refractivity contribution in [2.24, 2.45) is 4.99 Å². The molecule has 1 fully saturated rings. The molecule has 2 heterocycles. The third kappa shape index (κ3) is 7.71. The van der Waals surface area contributed by atoms with Gasteiger partial charge in [-0.15, -0.1) is 0 Å². The van der Waals surface area contributed by atoms with Crippen LogP contribution in [0.2, 0.25) is 0 Å². The molecule has 2 N–H and O–H groups in total. The lowest BCUT2D eigenvalue weighted by Gasteiger charge is -2.20. The molecule has 1 atom stereocenters. The molecule has 1 unspecified atom stereocenters. The summed E-state index contributed by atoms with van der Waals surface area (Å²) in [6.07, 6.45) is 8.84. The molecule has 1 aliphatic rings. The summed E-state index contributed by atoms with van der Waals surface area (Å²) in [6.45, 7) is 3.64. The zero-order valence-corrected chi connectivity index (χ0v) is 17.0. The van der Waals surface area contributed by atoms with Gasteiger partial charge in [0.25, 0.3) is 0 Å². The molecular formula is C20H35FN6. The van der Waals surface area contributed by atoms with Gasteiger partial charge in [0.2, 0.25) is 0 Å². The van der Waals surface area contributed by atoms with E-state index in [1.807, 2.05) is 4.90 Å². The Balaban J connectivity index is 1.61. The van der Waals surface area contributed by atoms with Crippen LogP contribution in [-0.2, 0) is 0 Å². The molecule has 2 rings (SSSR count). The molecule has 7 heteroatoms. The quantitative estimate of drug-likeness (QED) is 0.372. The highest BCUT2D eigenvalue weighted by Crippen LogP contribution is 2.20. The minimum atomic E-state index is -0.258. The second-order valence-electron chi connectivity index (χ2n) is 7.45. The first-order valence-electron chi connectivity index (χ1n) is 10.1. The van der Waals surface area contributed by atoms with Crippen LogP contribution < -0.4 is 15.5 Å². The number of halogens is 1. The zero-order valence-electron chi connectivity index (χ0n) is 17.0. The topological polar surface area (TPSA) is 55.8 Å². The maximum Gasteiger partial charge on any atom is 0.191 e. The molecule has 0 aromatic carbocycles. The van der Waals surface area contributed by atoms with Gasteiger partial charge in [0.15, 0.2) is 17.6 Å². The maximum absolute atomic E-state index is 13.9. The van der Waals surface area contributed by atoms with Crippen molar-refractivity contribution >= 4 is 11.8 Å². The zero-order chi connectivity index (χ0) is 19.5. The van der Waals surface area contributed by atoms with Gasteiger partial charge in [-0.2, -0.15) is 0 Å². The van der Waals surface area contributed by atoms with Gasteiger partial charge in [-0.1, -0.05) is 19.3 Å². The number of nitrogens with one attached hydrogen (secondary N) is 2. The summed E-state index contributed by atoms with van der Waals surface area (Å²) in [5, 5.41) is 6.84. The van der Waals surface area contributed by atoms with E-state index in [-0.39, 0.29) is 11.9 Å². The minimum absolute atomic E-state index is 0.253. The van der Waals surface area contributed by atoms with Crippen LogP contribution in [0.25, 0.3) is 0 Å². The second-order valence-corrected chi connectivity index (χ2v) is 7.45. The molecular weight excluding hydrogens is 343 g/mol. The van der Waals surface area contributed by atoms with Gasteiger partial charge < -0.3 is 20.4 Å². The molecule has 27 heavy (non-hydrogen) atoms. The molecule has 1 aliphatic heterocycles. The van der Waals surface area contributed by atoms with Crippen molar-refractivity contribution in [3.63, 3.8) is 0 Å². The highest BCUT2D eigenvalue weighted by Gasteiger charge is 2.25. The third-order valence-electron chi connectivity index (χ3n) is 4.87. The lowest BCUT2D eigenvalue weighted by Crippen LogP contribution is -2.45. The van der Waals surface area contributed by atoms with E-state index in [9.17, 15) is 4.39 Å². The van der Waals surface area contributed by atoms with E-state index in [1.165, 1.54) is 38.3 Å². The van der Waals surface area contributed by atoms with Crippen molar-refractivity contribution in [3.05, 3.63) is 24.1 Å². The molecule has 152 valence electrons. The summed E-state index contributed by atoms with van der Waals surface area (Å²) < 4.78 is 13.9. The number of aromatic nitrogens is 1. The number of aliphatic imine (C=N–C) groups is 1. The average molecular weight is 379 g/mol. The van der Waals surface area contributed by atoms with E-state index >= 15 is 0 Å². The molecule has 1 saturated heterocycles. The second kappa shape index (κ2) is 11.7. The van der Waals surface area contributed by atoms with Crippen LogP contribution >= 0.6 is 0 Å². The Morgan fingerprint density at radius 3 is 2.81 bits per heavy atom. The fourth-order valence-corrected chi connectivity index (χ4v) is 3.36. The average Bonchev–Trinajstić information content (AvgIpc) is 3.11. The van der Waals surface area contributed by atoms with Crippen LogP contribution in [0.4, 0.5) is 10.2 Å². The van der Waals surface area contributed by atoms with Crippen molar-refractivity contribution in [3.8, 4) is 0 Å². The van der Waals surface area contributed by atoms with Gasteiger partial charge in [0.1, 0.15) is 0 Å². The van der Waals surface area contributed by atoms with E-state index in [0.29, 0.717) is 5.82 Å². The standard InChI is InChI=1S/C20H35FN6/c1-22-20(24-12-7-5-4-6-8-14-26(2)3)25-17-11-15-27(16-17)19-18(21)10-9-13-23-19/h9-10,13,17H,4-8,11-12,14-16H2,1-3H3,(H2,22,24,25). The summed E-state index contributed by atoms with van der Waals surface area (Å²) in [4.78, 5) is 12.7. The largest absolute Gasteiger partial charge is 0.356 e. The summed E-state index contributed by atoms with van der Waals surface area (Å²) in [6, 6.07) is 3.34. The number of guanidine groups is 1. The number of hydrogen-bond acceptors (Lipinski definition) is 4. The van der Waals surface area contributed by atoms with Crippen molar-refractivity contribution in [1.82, 2.24) is 20.5 Å². The Morgan fingerprint density at radius 2 is 2.07 bits per heavy atom. The van der Waals surface area contributed by atoms with Crippen molar-refractivity contribution in [1.29, 1.82) is 0 Å². The van der Waals surface area contributed by atoms with Gasteiger partial charge in [-0.05, 0) is 52.0 Å². The summed E-state index contributed by atoms with van der Waals surface area (Å²) in [5.74, 6) is 1.02. The predicted octanol–water partition coefficient (Wildman–Crippen LogP) is 2.48. The van der Waals surface area contributed by atoms with Crippen LogP contribution in [0.5, 0.6) is 0 Å².